The van der Waals surface area contributed by atoms with Crippen LogP contribution in [0.1, 0.15) is 6.42 Å². The van der Waals surface area contributed by atoms with E-state index in [1.165, 1.54) is 0 Å². The van der Waals surface area contributed by atoms with Crippen molar-refractivity contribution in [3.8, 4) is 0 Å². The minimum atomic E-state index is 0.170. The third kappa shape index (κ3) is 3.20. The monoisotopic (exact) mass is 245 g/mol. The summed E-state index contributed by atoms with van der Waals surface area (Å²) in [7, 11) is 0. The fourth-order valence-corrected chi connectivity index (χ4v) is 1.24. The number of hydrogen-bond donors (Lipinski definition) is 3. The van der Waals surface area contributed by atoms with E-state index in [1.807, 2.05) is 0 Å². The lowest BCUT2D eigenvalue weighted by molar-refractivity contribution is 0.292. The molecular weight excluding hydrogens is 234 g/mol. The maximum atomic E-state index is 8.56. The first kappa shape index (κ1) is 10.3. The van der Waals surface area contributed by atoms with Crippen LogP contribution in [0.25, 0.3) is 0 Å². The van der Waals surface area contributed by atoms with Crippen LogP contribution in [0.15, 0.2) is 16.7 Å². The van der Waals surface area contributed by atoms with Crippen molar-refractivity contribution in [2.45, 2.75) is 6.42 Å². The zero-order valence-electron chi connectivity index (χ0n) is 7.13. The fraction of sp³-hybridized carbons (Fsp3) is 0.375. The molecule has 1 rings (SSSR count). The Balaban J connectivity index is 2.56. The molecule has 0 spiro atoms. The third-order valence-electron chi connectivity index (χ3n) is 1.51. The van der Waals surface area contributed by atoms with E-state index in [0.29, 0.717) is 24.5 Å². The maximum Gasteiger partial charge on any atom is 0.149 e. The second kappa shape index (κ2) is 5.04. The smallest absolute Gasteiger partial charge is 0.149 e. The molecule has 13 heavy (non-hydrogen) atoms. The van der Waals surface area contributed by atoms with E-state index in [1.54, 1.807) is 12.3 Å². The molecule has 0 aliphatic rings. The Hall–Kier alpha value is -0.810. The van der Waals surface area contributed by atoms with Crippen molar-refractivity contribution >= 4 is 27.4 Å². The van der Waals surface area contributed by atoms with Crippen LogP contribution in [0.3, 0.4) is 0 Å². The molecule has 0 unspecified atom stereocenters. The first-order valence-electron chi connectivity index (χ1n) is 4.00. The third-order valence-corrected chi connectivity index (χ3v) is 1.94. The van der Waals surface area contributed by atoms with Gasteiger partial charge < -0.3 is 16.2 Å². The van der Waals surface area contributed by atoms with Crippen molar-refractivity contribution in [2.24, 2.45) is 0 Å². The first-order valence-corrected chi connectivity index (χ1v) is 4.79. The predicted octanol–water partition coefficient (Wildman–Crippen LogP) is 1.22. The molecule has 0 aliphatic heterocycles. The lowest BCUT2D eigenvalue weighted by atomic mass is 10.4. The molecule has 1 heterocycles. The number of nitrogens with two attached hydrogens (primary N) is 1. The average molecular weight is 246 g/mol. The molecule has 72 valence electrons. The van der Waals surface area contributed by atoms with E-state index in [-0.39, 0.29) is 6.61 Å². The summed E-state index contributed by atoms with van der Waals surface area (Å²) >= 11 is 3.27. The van der Waals surface area contributed by atoms with Crippen molar-refractivity contribution in [3.63, 3.8) is 0 Å². The van der Waals surface area contributed by atoms with Crippen LogP contribution in [0.4, 0.5) is 11.5 Å². The maximum absolute atomic E-state index is 8.56. The number of pyridine rings is 1. The Bertz CT molecular complexity index is 280. The van der Waals surface area contributed by atoms with Crippen molar-refractivity contribution in [2.75, 3.05) is 24.2 Å². The Kier molecular flexibility index (Phi) is 3.98. The number of aliphatic hydroxyl groups excluding tert-OH is 1. The van der Waals surface area contributed by atoms with E-state index < -0.39 is 0 Å². The molecule has 0 aliphatic carbocycles. The number of anilines is 2. The lowest BCUT2D eigenvalue weighted by Gasteiger charge is -2.06. The van der Waals surface area contributed by atoms with Gasteiger partial charge in [0.15, 0.2) is 0 Å². The Morgan fingerprint density at radius 2 is 2.38 bits per heavy atom. The molecule has 0 aromatic carbocycles. The Labute approximate surface area is 85.3 Å². The van der Waals surface area contributed by atoms with Crippen LogP contribution in [-0.4, -0.2) is 23.2 Å². The minimum Gasteiger partial charge on any atom is -0.396 e. The number of rotatable bonds is 4. The van der Waals surface area contributed by atoms with Crippen LogP contribution in [-0.2, 0) is 0 Å². The highest BCUT2D eigenvalue weighted by Gasteiger charge is 1.99. The van der Waals surface area contributed by atoms with Crippen LogP contribution in [0, 0.1) is 0 Å². The number of aromatic nitrogens is 1. The van der Waals surface area contributed by atoms with E-state index in [2.05, 4.69) is 26.2 Å². The van der Waals surface area contributed by atoms with Crippen LogP contribution in [0.5, 0.6) is 0 Å². The quantitative estimate of drug-likeness (QED) is 0.698. The highest BCUT2D eigenvalue weighted by molar-refractivity contribution is 9.10. The summed E-state index contributed by atoms with van der Waals surface area (Å²) in [6.45, 7) is 0.846. The predicted molar refractivity (Wildman–Crippen MR) is 56.5 cm³/mol. The Morgan fingerprint density at radius 3 is 3.00 bits per heavy atom. The molecule has 4 N–H and O–H groups in total. The summed E-state index contributed by atoms with van der Waals surface area (Å²) in [5.41, 5.74) is 6.29. The largest absolute Gasteiger partial charge is 0.396 e. The van der Waals surface area contributed by atoms with Crippen molar-refractivity contribution < 1.29 is 5.11 Å². The second-order valence-corrected chi connectivity index (χ2v) is 3.51. The van der Waals surface area contributed by atoms with E-state index in [9.17, 15) is 0 Å². The van der Waals surface area contributed by atoms with Gasteiger partial charge in [-0.05, 0) is 28.4 Å². The number of nitrogen functional groups attached to an aromatic ring is 1. The molecule has 0 saturated carbocycles. The number of aliphatic hydroxyl groups is 1. The van der Waals surface area contributed by atoms with Gasteiger partial charge in [0, 0.05) is 23.8 Å². The van der Waals surface area contributed by atoms with Gasteiger partial charge in [-0.25, -0.2) is 4.98 Å². The second-order valence-electron chi connectivity index (χ2n) is 2.60. The molecule has 1 aromatic rings. The molecule has 1 aromatic heterocycles. The molecule has 0 radical (unpaired) electrons. The highest BCUT2D eigenvalue weighted by Crippen LogP contribution is 2.19. The van der Waals surface area contributed by atoms with Crippen molar-refractivity contribution in [1.82, 2.24) is 4.98 Å². The topological polar surface area (TPSA) is 71.2 Å². The summed E-state index contributed by atoms with van der Waals surface area (Å²) in [5.74, 6) is 0.664. The van der Waals surface area contributed by atoms with E-state index in [4.69, 9.17) is 10.8 Å². The van der Waals surface area contributed by atoms with Gasteiger partial charge in [0.25, 0.3) is 0 Å². The van der Waals surface area contributed by atoms with Crippen LogP contribution >= 0.6 is 15.9 Å². The van der Waals surface area contributed by atoms with Crippen LogP contribution in [0.2, 0.25) is 0 Å². The molecule has 5 heteroatoms. The van der Waals surface area contributed by atoms with Gasteiger partial charge in [0.05, 0.1) is 5.69 Å². The summed E-state index contributed by atoms with van der Waals surface area (Å²) in [5, 5.41) is 11.6. The Morgan fingerprint density at radius 1 is 1.62 bits per heavy atom. The summed E-state index contributed by atoms with van der Waals surface area (Å²) in [6.07, 6.45) is 2.37. The summed E-state index contributed by atoms with van der Waals surface area (Å²) < 4.78 is 0.859. The molecule has 0 saturated heterocycles. The summed E-state index contributed by atoms with van der Waals surface area (Å²) in [6, 6.07) is 1.79. The van der Waals surface area contributed by atoms with E-state index >= 15 is 0 Å². The molecule has 0 fully saturated rings. The molecule has 0 amide bonds. The zero-order chi connectivity index (χ0) is 9.68. The van der Waals surface area contributed by atoms with Gasteiger partial charge >= 0.3 is 0 Å². The number of halogens is 1. The molecule has 0 atom stereocenters. The van der Waals surface area contributed by atoms with Gasteiger partial charge in [-0.2, -0.15) is 0 Å². The fourth-order valence-electron chi connectivity index (χ4n) is 0.888. The van der Waals surface area contributed by atoms with Gasteiger partial charge in [-0.15, -0.1) is 0 Å². The minimum absolute atomic E-state index is 0.170. The zero-order valence-corrected chi connectivity index (χ0v) is 8.71. The lowest BCUT2D eigenvalue weighted by Crippen LogP contribution is -2.07. The molecule has 4 nitrogen and oxygen atoms in total. The number of hydrogen-bond acceptors (Lipinski definition) is 4. The highest BCUT2D eigenvalue weighted by atomic mass is 79.9. The van der Waals surface area contributed by atoms with Gasteiger partial charge in [-0.1, -0.05) is 0 Å². The SMILES string of the molecule is Nc1cc(Br)cnc1NCCCO. The van der Waals surface area contributed by atoms with Crippen molar-refractivity contribution in [3.05, 3.63) is 16.7 Å². The normalized spacial score (nSPS) is 10.0. The number of nitrogens with zero attached hydrogens (tertiary/aromatic N) is 1. The van der Waals surface area contributed by atoms with Gasteiger partial charge in [-0.3, -0.25) is 0 Å². The van der Waals surface area contributed by atoms with Gasteiger partial charge in [0.1, 0.15) is 5.82 Å². The van der Waals surface area contributed by atoms with Crippen LogP contribution < -0.4 is 11.1 Å². The van der Waals surface area contributed by atoms with E-state index in [0.717, 1.165) is 4.47 Å². The average Bonchev–Trinajstić information content (AvgIpc) is 2.09. The van der Waals surface area contributed by atoms with Gasteiger partial charge in [0.2, 0.25) is 0 Å². The summed E-state index contributed by atoms with van der Waals surface area (Å²) in [4.78, 5) is 4.09. The standard InChI is InChI=1S/C8H12BrN3O/c9-6-4-7(10)8(12-5-6)11-2-1-3-13/h4-5,13H,1-3,10H2,(H,11,12). The number of nitrogens with one attached hydrogen (secondary N) is 1. The van der Waals surface area contributed by atoms with Crippen molar-refractivity contribution in [1.29, 1.82) is 0 Å². The first-order chi connectivity index (χ1) is 6.24. The molecular formula is C8H12BrN3O. The molecule has 0 bridgehead atoms.